The van der Waals surface area contributed by atoms with Gasteiger partial charge in [-0.15, -0.1) is 11.3 Å². The van der Waals surface area contributed by atoms with E-state index in [0.717, 1.165) is 55.2 Å². The Labute approximate surface area is 255 Å². The van der Waals surface area contributed by atoms with Gasteiger partial charge in [0.25, 0.3) is 0 Å². The first-order valence-electron chi connectivity index (χ1n) is 14.9. The van der Waals surface area contributed by atoms with Crippen molar-refractivity contribution in [2.24, 2.45) is 0 Å². The highest BCUT2D eigenvalue weighted by Crippen LogP contribution is 2.49. The van der Waals surface area contributed by atoms with Crippen LogP contribution in [-0.4, -0.2) is 82.7 Å². The molecule has 2 atom stereocenters. The summed E-state index contributed by atoms with van der Waals surface area (Å²) >= 11 is 1.50. The highest BCUT2D eigenvalue weighted by molar-refractivity contribution is 7.16. The van der Waals surface area contributed by atoms with E-state index in [2.05, 4.69) is 48.5 Å². The summed E-state index contributed by atoms with van der Waals surface area (Å²) in [6, 6.07) is 6.39. The molecule has 43 heavy (non-hydrogen) atoms. The van der Waals surface area contributed by atoms with Gasteiger partial charge in [-0.2, -0.15) is 10.2 Å². The van der Waals surface area contributed by atoms with Crippen LogP contribution in [0.15, 0.2) is 29.3 Å². The number of nitrogen functional groups attached to an aromatic ring is 1. The Morgan fingerprint density at radius 3 is 2.79 bits per heavy atom. The number of ether oxygens (including phenoxy) is 1. The number of amides is 1. The minimum absolute atomic E-state index is 0.0539. The van der Waals surface area contributed by atoms with E-state index >= 15 is 0 Å². The van der Waals surface area contributed by atoms with Gasteiger partial charge < -0.3 is 29.7 Å². The van der Waals surface area contributed by atoms with Gasteiger partial charge in [0.1, 0.15) is 28.8 Å². The van der Waals surface area contributed by atoms with Gasteiger partial charge in [0, 0.05) is 68.6 Å². The number of fused-ring (bicyclic) bond motifs is 1. The summed E-state index contributed by atoms with van der Waals surface area (Å²) in [5, 5.41) is 14.9. The second-order valence-electron chi connectivity index (χ2n) is 12.1. The van der Waals surface area contributed by atoms with Gasteiger partial charge in [0.05, 0.1) is 11.0 Å². The van der Waals surface area contributed by atoms with Gasteiger partial charge in [-0.3, -0.25) is 4.79 Å². The van der Waals surface area contributed by atoms with Crippen LogP contribution >= 0.6 is 11.3 Å². The molecule has 0 radical (unpaired) electrons. The van der Waals surface area contributed by atoms with E-state index in [1.54, 1.807) is 4.90 Å². The van der Waals surface area contributed by atoms with Crippen molar-refractivity contribution >= 4 is 28.1 Å². The molecule has 5 heterocycles. The van der Waals surface area contributed by atoms with Gasteiger partial charge in [-0.05, 0) is 51.8 Å². The zero-order valence-corrected chi connectivity index (χ0v) is 25.8. The monoisotopic (exact) mass is 602 g/mol. The van der Waals surface area contributed by atoms with Crippen LogP contribution in [0.4, 0.5) is 10.8 Å². The molecule has 0 bridgehead atoms. The normalized spacial score (nSPS) is 23.1. The summed E-state index contributed by atoms with van der Waals surface area (Å²) in [5.41, 5.74) is 7.73. The number of carbonyl (C=O) groups is 1. The van der Waals surface area contributed by atoms with E-state index in [9.17, 15) is 10.1 Å². The number of nitrogens with two attached hydrogens (primary N) is 1. The van der Waals surface area contributed by atoms with Crippen molar-refractivity contribution in [2.45, 2.75) is 63.5 Å². The molecule has 12 heteroatoms. The number of piperidine rings is 1. The number of nitriles is 1. The molecule has 0 aromatic carbocycles. The van der Waals surface area contributed by atoms with Crippen molar-refractivity contribution in [1.82, 2.24) is 24.9 Å². The van der Waals surface area contributed by atoms with Crippen molar-refractivity contribution in [1.29, 1.82) is 5.26 Å². The first-order chi connectivity index (χ1) is 20.7. The van der Waals surface area contributed by atoms with Crippen LogP contribution in [0.3, 0.4) is 0 Å². The Hall–Kier alpha value is -3.95. The SMILES string of the molecule is C=CC(=O)N1CCC(Oc2cc(N3CCN(C)C[C@@H]3C)nc(-c3cc(C4(C)CCCc5sc(N)c(C#N)c54)on3)n2)CC1. The number of rotatable bonds is 6. The average Bonchev–Trinajstić information content (AvgIpc) is 3.63. The van der Waals surface area contributed by atoms with E-state index in [4.69, 9.17) is 25.0 Å². The number of carbonyl (C=O) groups excluding carboxylic acids is 1. The largest absolute Gasteiger partial charge is 0.474 e. The van der Waals surface area contributed by atoms with Gasteiger partial charge in [0.15, 0.2) is 11.5 Å². The van der Waals surface area contributed by atoms with Gasteiger partial charge in [-0.1, -0.05) is 11.7 Å². The minimum Gasteiger partial charge on any atom is -0.474 e. The smallest absolute Gasteiger partial charge is 0.245 e. The van der Waals surface area contributed by atoms with Gasteiger partial charge >= 0.3 is 0 Å². The Kier molecular flexibility index (Phi) is 7.87. The molecule has 3 aromatic heterocycles. The van der Waals surface area contributed by atoms with Crippen molar-refractivity contribution in [3.8, 4) is 23.5 Å². The maximum atomic E-state index is 12.1. The molecule has 0 spiro atoms. The molecule has 0 saturated carbocycles. The summed E-state index contributed by atoms with van der Waals surface area (Å²) in [6.07, 6.45) is 5.38. The van der Waals surface area contributed by atoms with Crippen LogP contribution < -0.4 is 15.4 Å². The predicted octanol–water partition coefficient (Wildman–Crippen LogP) is 3.99. The molecule has 2 saturated heterocycles. The van der Waals surface area contributed by atoms with E-state index in [1.807, 2.05) is 12.1 Å². The molecule has 1 unspecified atom stereocenters. The van der Waals surface area contributed by atoms with Crippen LogP contribution in [0.1, 0.15) is 61.3 Å². The standard InChI is InChI=1S/C31H38N8O3S/c1-5-27(40)38-11-8-20(9-12-38)41-26-16-25(39-14-13-37(4)18-19(39)2)34-30(35-26)22-15-24(42-36-22)31(3)10-6-7-23-28(31)21(17-32)29(33)43-23/h5,15-16,19-20H,1,6-14,18,33H2,2-4H3/t19-,31?/m0/s1. The lowest BCUT2D eigenvalue weighted by Gasteiger charge is -2.39. The topological polar surface area (TPSA) is 138 Å². The molecule has 1 amide bonds. The molecule has 2 fully saturated rings. The van der Waals surface area contributed by atoms with Gasteiger partial charge in [0.2, 0.25) is 11.8 Å². The Balaban J connectivity index is 1.33. The Bertz CT molecular complexity index is 1570. The Morgan fingerprint density at radius 1 is 1.28 bits per heavy atom. The maximum absolute atomic E-state index is 12.1. The zero-order chi connectivity index (χ0) is 30.3. The van der Waals surface area contributed by atoms with E-state index < -0.39 is 5.41 Å². The number of nitrogens with zero attached hydrogens (tertiary/aromatic N) is 7. The van der Waals surface area contributed by atoms with E-state index in [-0.39, 0.29) is 18.1 Å². The average molecular weight is 603 g/mol. The number of aryl methyl sites for hydroxylation is 1. The van der Waals surface area contributed by atoms with Crippen LogP contribution in [0.5, 0.6) is 5.88 Å². The molecule has 1 aliphatic carbocycles. The molecular weight excluding hydrogens is 564 g/mol. The third kappa shape index (κ3) is 5.47. The lowest BCUT2D eigenvalue weighted by Crippen LogP contribution is -2.50. The highest BCUT2D eigenvalue weighted by Gasteiger charge is 2.42. The number of piperazine rings is 1. The second kappa shape index (κ2) is 11.6. The third-order valence-corrected chi connectivity index (χ3v) is 10.1. The number of likely N-dealkylation sites (N-methyl/N-ethyl adjacent to an activating group) is 1. The molecule has 2 aliphatic heterocycles. The number of likely N-dealkylation sites (tertiary alicyclic amines) is 1. The lowest BCUT2D eigenvalue weighted by molar-refractivity contribution is -0.127. The van der Waals surface area contributed by atoms with Crippen LogP contribution in [-0.2, 0) is 16.6 Å². The predicted molar refractivity (Wildman–Crippen MR) is 165 cm³/mol. The quantitative estimate of drug-likeness (QED) is 0.412. The number of thiophene rings is 1. The highest BCUT2D eigenvalue weighted by atomic mass is 32.1. The summed E-state index contributed by atoms with van der Waals surface area (Å²) in [7, 11) is 2.13. The first kappa shape index (κ1) is 29.1. The summed E-state index contributed by atoms with van der Waals surface area (Å²) in [5.74, 6) is 2.31. The zero-order valence-electron chi connectivity index (χ0n) is 25.0. The molecule has 226 valence electrons. The van der Waals surface area contributed by atoms with Crippen molar-refractivity contribution in [2.75, 3.05) is 50.4 Å². The van der Waals surface area contributed by atoms with Gasteiger partial charge in [-0.25, -0.2) is 4.98 Å². The number of anilines is 2. The first-order valence-corrected chi connectivity index (χ1v) is 15.7. The summed E-state index contributed by atoms with van der Waals surface area (Å²) < 4.78 is 12.4. The van der Waals surface area contributed by atoms with E-state index in [0.29, 0.717) is 59.7 Å². The van der Waals surface area contributed by atoms with Crippen molar-refractivity contribution in [3.63, 3.8) is 0 Å². The third-order valence-electron chi connectivity index (χ3n) is 9.07. The van der Waals surface area contributed by atoms with Crippen LogP contribution in [0, 0.1) is 11.3 Å². The lowest BCUT2D eigenvalue weighted by atomic mass is 9.71. The molecule has 3 aliphatic rings. The van der Waals surface area contributed by atoms with Crippen LogP contribution in [0.2, 0.25) is 0 Å². The minimum atomic E-state index is -0.530. The fourth-order valence-electron chi connectivity index (χ4n) is 6.69. The summed E-state index contributed by atoms with van der Waals surface area (Å²) in [6.45, 7) is 11.8. The Morgan fingerprint density at radius 2 is 2.07 bits per heavy atom. The van der Waals surface area contributed by atoms with Crippen molar-refractivity contribution in [3.05, 3.63) is 46.6 Å². The molecule has 3 aromatic rings. The fraction of sp³-hybridized carbons (Fsp3) is 0.516. The fourth-order valence-corrected chi connectivity index (χ4v) is 7.88. The van der Waals surface area contributed by atoms with E-state index in [1.165, 1.54) is 17.4 Å². The molecular formula is C31H38N8O3S. The molecule has 11 nitrogen and oxygen atoms in total. The molecule has 2 N–H and O–H groups in total. The maximum Gasteiger partial charge on any atom is 0.245 e. The summed E-state index contributed by atoms with van der Waals surface area (Å²) in [4.78, 5) is 29.4. The number of hydrogen-bond acceptors (Lipinski definition) is 11. The molecule has 6 rings (SSSR count). The number of hydrogen-bond donors (Lipinski definition) is 1. The van der Waals surface area contributed by atoms with Crippen LogP contribution in [0.25, 0.3) is 11.5 Å². The second-order valence-corrected chi connectivity index (χ2v) is 13.2. The number of aromatic nitrogens is 3. The van der Waals surface area contributed by atoms with Crippen molar-refractivity contribution < 1.29 is 14.1 Å².